The molecule has 4 nitrogen and oxygen atoms in total. The Hall–Kier alpha value is -1.83. The van der Waals surface area contributed by atoms with Crippen LogP contribution >= 0.6 is 0 Å². The van der Waals surface area contributed by atoms with Gasteiger partial charge in [-0.1, -0.05) is 30.0 Å². The van der Waals surface area contributed by atoms with Gasteiger partial charge in [-0.25, -0.2) is 0 Å². The van der Waals surface area contributed by atoms with Crippen molar-refractivity contribution in [3.63, 3.8) is 0 Å². The number of carbonyl (C=O) groups excluding carboxylic acids is 1. The van der Waals surface area contributed by atoms with Crippen molar-refractivity contribution in [3.8, 4) is 11.8 Å². The number of nitrogens with two attached hydrogens (primary N) is 1. The standard InChI is InChI=1S/C14H17N3O/c15-14(18)13-11-16-8-10-17(13)9-4-7-12-5-2-1-3-6-12/h1-3,5-6,13,16H,8-11H2,(H2,15,18). The molecular formula is C14H17N3O. The maximum absolute atomic E-state index is 11.3. The van der Waals surface area contributed by atoms with Crippen LogP contribution in [0.3, 0.4) is 0 Å². The molecule has 1 aromatic carbocycles. The average molecular weight is 243 g/mol. The molecule has 0 saturated carbocycles. The minimum absolute atomic E-state index is 0.246. The smallest absolute Gasteiger partial charge is 0.236 e. The van der Waals surface area contributed by atoms with Gasteiger partial charge in [-0.05, 0) is 12.1 Å². The van der Waals surface area contributed by atoms with E-state index in [1.54, 1.807) is 0 Å². The van der Waals surface area contributed by atoms with Crippen molar-refractivity contribution < 1.29 is 4.79 Å². The molecule has 18 heavy (non-hydrogen) atoms. The Balaban J connectivity index is 1.96. The first kappa shape index (κ1) is 12.6. The van der Waals surface area contributed by atoms with Gasteiger partial charge in [0.2, 0.25) is 5.91 Å². The monoisotopic (exact) mass is 243 g/mol. The molecule has 0 bridgehead atoms. The van der Waals surface area contributed by atoms with Gasteiger partial charge in [0.15, 0.2) is 0 Å². The summed E-state index contributed by atoms with van der Waals surface area (Å²) < 4.78 is 0. The molecular weight excluding hydrogens is 226 g/mol. The predicted molar refractivity (Wildman–Crippen MR) is 70.7 cm³/mol. The van der Waals surface area contributed by atoms with Gasteiger partial charge in [0.05, 0.1) is 6.54 Å². The zero-order valence-electron chi connectivity index (χ0n) is 10.2. The molecule has 1 atom stereocenters. The highest BCUT2D eigenvalue weighted by Gasteiger charge is 2.25. The van der Waals surface area contributed by atoms with Crippen LogP contribution in [0.1, 0.15) is 5.56 Å². The summed E-state index contributed by atoms with van der Waals surface area (Å²) in [6.45, 7) is 2.86. The highest BCUT2D eigenvalue weighted by molar-refractivity contribution is 5.80. The molecule has 1 amide bonds. The summed E-state index contributed by atoms with van der Waals surface area (Å²) in [6.07, 6.45) is 0. The molecule has 1 fully saturated rings. The molecule has 1 aliphatic heterocycles. The summed E-state index contributed by atoms with van der Waals surface area (Å²) in [5, 5.41) is 3.16. The number of nitrogens with zero attached hydrogens (tertiary/aromatic N) is 1. The van der Waals surface area contributed by atoms with Crippen molar-refractivity contribution in [3.05, 3.63) is 35.9 Å². The molecule has 1 heterocycles. The van der Waals surface area contributed by atoms with E-state index in [0.29, 0.717) is 13.1 Å². The zero-order valence-corrected chi connectivity index (χ0v) is 10.2. The Morgan fingerprint density at radius 3 is 2.94 bits per heavy atom. The van der Waals surface area contributed by atoms with Gasteiger partial charge in [0.25, 0.3) is 0 Å². The Kier molecular flexibility index (Phi) is 4.35. The number of benzene rings is 1. The van der Waals surface area contributed by atoms with Crippen molar-refractivity contribution in [2.24, 2.45) is 5.73 Å². The largest absolute Gasteiger partial charge is 0.368 e. The average Bonchev–Trinajstić information content (AvgIpc) is 2.40. The fraction of sp³-hybridized carbons (Fsp3) is 0.357. The molecule has 0 aromatic heterocycles. The summed E-state index contributed by atoms with van der Waals surface area (Å²) in [5.74, 6) is 5.90. The van der Waals surface area contributed by atoms with Gasteiger partial charge in [-0.15, -0.1) is 0 Å². The Labute approximate surface area is 107 Å². The van der Waals surface area contributed by atoms with Crippen molar-refractivity contribution in [1.82, 2.24) is 10.2 Å². The van der Waals surface area contributed by atoms with E-state index in [2.05, 4.69) is 17.2 Å². The number of rotatable bonds is 2. The Morgan fingerprint density at radius 1 is 1.44 bits per heavy atom. The van der Waals surface area contributed by atoms with E-state index in [4.69, 9.17) is 5.73 Å². The van der Waals surface area contributed by atoms with E-state index in [0.717, 1.165) is 18.7 Å². The molecule has 3 N–H and O–H groups in total. The van der Waals surface area contributed by atoms with Crippen LogP contribution in [-0.4, -0.2) is 43.0 Å². The normalized spacial score (nSPS) is 19.9. The van der Waals surface area contributed by atoms with E-state index in [-0.39, 0.29) is 11.9 Å². The second kappa shape index (κ2) is 6.20. The molecule has 1 aromatic rings. The van der Waals surface area contributed by atoms with Gasteiger partial charge < -0.3 is 11.1 Å². The van der Waals surface area contributed by atoms with Crippen LogP contribution in [0.5, 0.6) is 0 Å². The number of hydrogen-bond acceptors (Lipinski definition) is 3. The second-order valence-electron chi connectivity index (χ2n) is 4.26. The number of primary amides is 1. The van der Waals surface area contributed by atoms with Crippen LogP contribution in [-0.2, 0) is 4.79 Å². The minimum atomic E-state index is -0.288. The highest BCUT2D eigenvalue weighted by atomic mass is 16.1. The van der Waals surface area contributed by atoms with Gasteiger partial charge in [-0.3, -0.25) is 9.69 Å². The minimum Gasteiger partial charge on any atom is -0.368 e. The lowest BCUT2D eigenvalue weighted by Gasteiger charge is -2.32. The SMILES string of the molecule is NC(=O)C1CNCCN1CC#Cc1ccccc1. The first-order valence-electron chi connectivity index (χ1n) is 6.05. The van der Waals surface area contributed by atoms with E-state index < -0.39 is 0 Å². The highest BCUT2D eigenvalue weighted by Crippen LogP contribution is 2.02. The fourth-order valence-corrected chi connectivity index (χ4v) is 1.98. The summed E-state index contributed by atoms with van der Waals surface area (Å²) in [5.41, 5.74) is 6.36. The van der Waals surface area contributed by atoms with Gasteiger partial charge in [-0.2, -0.15) is 0 Å². The lowest BCUT2D eigenvalue weighted by molar-refractivity contribution is -0.123. The molecule has 94 valence electrons. The number of amides is 1. The molecule has 1 saturated heterocycles. The molecule has 0 radical (unpaired) electrons. The number of carbonyl (C=O) groups is 1. The number of hydrogen-bond donors (Lipinski definition) is 2. The van der Waals surface area contributed by atoms with Crippen molar-refractivity contribution in [2.45, 2.75) is 6.04 Å². The van der Waals surface area contributed by atoms with Gasteiger partial charge in [0.1, 0.15) is 6.04 Å². The van der Waals surface area contributed by atoms with Crippen molar-refractivity contribution >= 4 is 5.91 Å². The predicted octanol–water partition coefficient (Wildman–Crippen LogP) is -0.203. The lowest BCUT2D eigenvalue weighted by atomic mass is 10.2. The van der Waals surface area contributed by atoms with Crippen LogP contribution in [0.4, 0.5) is 0 Å². The Bertz CT molecular complexity index is 461. The summed E-state index contributed by atoms with van der Waals surface area (Å²) in [7, 11) is 0. The molecule has 2 rings (SSSR count). The summed E-state index contributed by atoms with van der Waals surface area (Å²) in [6, 6.07) is 9.57. The molecule has 0 spiro atoms. The summed E-state index contributed by atoms with van der Waals surface area (Å²) >= 11 is 0. The number of piperazine rings is 1. The van der Waals surface area contributed by atoms with Gasteiger partial charge >= 0.3 is 0 Å². The topological polar surface area (TPSA) is 58.4 Å². The molecule has 0 aliphatic carbocycles. The van der Waals surface area contributed by atoms with Crippen LogP contribution in [0, 0.1) is 11.8 Å². The van der Waals surface area contributed by atoms with E-state index in [9.17, 15) is 4.79 Å². The third kappa shape index (κ3) is 3.33. The van der Waals surface area contributed by atoms with E-state index in [1.165, 1.54) is 0 Å². The van der Waals surface area contributed by atoms with E-state index >= 15 is 0 Å². The van der Waals surface area contributed by atoms with Crippen molar-refractivity contribution in [2.75, 3.05) is 26.2 Å². The van der Waals surface area contributed by atoms with E-state index in [1.807, 2.05) is 35.2 Å². The maximum atomic E-state index is 11.3. The maximum Gasteiger partial charge on any atom is 0.236 e. The molecule has 1 aliphatic rings. The quantitative estimate of drug-likeness (QED) is 0.707. The first-order chi connectivity index (χ1) is 8.77. The molecule has 4 heteroatoms. The Morgan fingerprint density at radius 2 is 2.22 bits per heavy atom. The third-order valence-corrected chi connectivity index (χ3v) is 2.97. The summed E-state index contributed by atoms with van der Waals surface area (Å²) in [4.78, 5) is 13.3. The van der Waals surface area contributed by atoms with Crippen LogP contribution in [0.25, 0.3) is 0 Å². The van der Waals surface area contributed by atoms with Gasteiger partial charge in [0, 0.05) is 25.2 Å². The first-order valence-corrected chi connectivity index (χ1v) is 6.05. The second-order valence-corrected chi connectivity index (χ2v) is 4.26. The van der Waals surface area contributed by atoms with Crippen LogP contribution in [0.2, 0.25) is 0 Å². The molecule has 1 unspecified atom stereocenters. The van der Waals surface area contributed by atoms with Crippen molar-refractivity contribution in [1.29, 1.82) is 0 Å². The fourth-order valence-electron chi connectivity index (χ4n) is 1.98. The van der Waals surface area contributed by atoms with Crippen LogP contribution in [0.15, 0.2) is 30.3 Å². The number of nitrogens with one attached hydrogen (secondary N) is 1. The lowest BCUT2D eigenvalue weighted by Crippen LogP contribution is -2.56. The zero-order chi connectivity index (χ0) is 12.8. The van der Waals surface area contributed by atoms with Crippen LogP contribution < -0.4 is 11.1 Å². The third-order valence-electron chi connectivity index (χ3n) is 2.97.